The van der Waals surface area contributed by atoms with Crippen LogP contribution in [0.1, 0.15) is 25.0 Å². The van der Waals surface area contributed by atoms with Crippen LogP contribution < -0.4 is 10.1 Å². The van der Waals surface area contributed by atoms with Crippen molar-refractivity contribution < 1.29 is 4.74 Å². The van der Waals surface area contributed by atoms with E-state index in [2.05, 4.69) is 69.2 Å². The van der Waals surface area contributed by atoms with Crippen LogP contribution in [-0.2, 0) is 13.2 Å². The molecule has 112 valence electrons. The molecule has 0 radical (unpaired) electrons. The number of nitrogens with one attached hydrogen (secondary N) is 1. The van der Waals surface area contributed by atoms with Crippen molar-refractivity contribution in [3.8, 4) is 5.75 Å². The molecular formula is C17H19Br2NO. The van der Waals surface area contributed by atoms with E-state index in [0.29, 0.717) is 12.6 Å². The maximum atomic E-state index is 5.85. The van der Waals surface area contributed by atoms with E-state index in [-0.39, 0.29) is 0 Å². The van der Waals surface area contributed by atoms with E-state index in [1.165, 1.54) is 5.56 Å². The zero-order valence-corrected chi connectivity index (χ0v) is 15.4. The lowest BCUT2D eigenvalue weighted by Crippen LogP contribution is -2.21. The summed E-state index contributed by atoms with van der Waals surface area (Å²) in [4.78, 5) is 0. The quantitative estimate of drug-likeness (QED) is 0.695. The lowest BCUT2D eigenvalue weighted by molar-refractivity contribution is 0.303. The van der Waals surface area contributed by atoms with E-state index in [0.717, 1.165) is 26.8 Å². The summed E-state index contributed by atoms with van der Waals surface area (Å²) in [7, 11) is 0. The largest absolute Gasteiger partial charge is 0.488 e. The van der Waals surface area contributed by atoms with Crippen molar-refractivity contribution in [1.29, 1.82) is 0 Å². The Kier molecular flexibility index (Phi) is 6.27. The van der Waals surface area contributed by atoms with Gasteiger partial charge in [-0.3, -0.25) is 0 Å². The number of para-hydroxylation sites is 1. The van der Waals surface area contributed by atoms with Crippen LogP contribution in [-0.4, -0.2) is 6.04 Å². The zero-order chi connectivity index (χ0) is 15.2. The number of benzene rings is 2. The molecular weight excluding hydrogens is 394 g/mol. The van der Waals surface area contributed by atoms with Gasteiger partial charge in [-0.2, -0.15) is 0 Å². The van der Waals surface area contributed by atoms with Crippen molar-refractivity contribution in [2.75, 3.05) is 0 Å². The molecule has 0 aliphatic rings. The van der Waals surface area contributed by atoms with Crippen molar-refractivity contribution in [3.05, 3.63) is 62.5 Å². The normalized spacial score (nSPS) is 10.9. The molecule has 0 saturated heterocycles. The average Bonchev–Trinajstić information content (AvgIpc) is 2.45. The Morgan fingerprint density at radius 2 is 1.81 bits per heavy atom. The Bertz CT molecular complexity index is 599. The van der Waals surface area contributed by atoms with Gasteiger partial charge in [0.1, 0.15) is 12.4 Å². The van der Waals surface area contributed by atoms with Gasteiger partial charge in [-0.1, -0.05) is 54.0 Å². The second-order valence-electron chi connectivity index (χ2n) is 5.18. The lowest BCUT2D eigenvalue weighted by atomic mass is 10.1. The van der Waals surface area contributed by atoms with Gasteiger partial charge >= 0.3 is 0 Å². The van der Waals surface area contributed by atoms with Crippen molar-refractivity contribution in [2.45, 2.75) is 33.0 Å². The fourth-order valence-corrected chi connectivity index (χ4v) is 2.80. The number of rotatable bonds is 6. The van der Waals surface area contributed by atoms with Crippen LogP contribution in [0.15, 0.2) is 51.4 Å². The lowest BCUT2D eigenvalue weighted by Gasteiger charge is -2.12. The van der Waals surface area contributed by atoms with Gasteiger partial charge < -0.3 is 10.1 Å². The second-order valence-corrected chi connectivity index (χ2v) is 6.89. The molecule has 0 fully saturated rings. The number of ether oxygens (including phenoxy) is 1. The van der Waals surface area contributed by atoms with Crippen LogP contribution in [0.25, 0.3) is 0 Å². The molecule has 4 heteroatoms. The second kappa shape index (κ2) is 7.97. The summed E-state index contributed by atoms with van der Waals surface area (Å²) in [6.07, 6.45) is 0. The highest BCUT2D eigenvalue weighted by Gasteiger charge is 2.05. The Morgan fingerprint density at radius 3 is 2.48 bits per heavy atom. The van der Waals surface area contributed by atoms with Crippen molar-refractivity contribution >= 4 is 31.9 Å². The summed E-state index contributed by atoms with van der Waals surface area (Å²) in [6.45, 7) is 5.71. The summed E-state index contributed by atoms with van der Waals surface area (Å²) in [6, 6.07) is 14.8. The first kappa shape index (κ1) is 16.5. The van der Waals surface area contributed by atoms with Crippen molar-refractivity contribution in [3.63, 3.8) is 0 Å². The fourth-order valence-electron chi connectivity index (χ4n) is 1.86. The molecule has 2 aromatic carbocycles. The van der Waals surface area contributed by atoms with Crippen molar-refractivity contribution in [2.24, 2.45) is 0 Å². The molecule has 0 bridgehead atoms. The van der Waals surface area contributed by atoms with E-state index in [1.807, 2.05) is 24.3 Å². The molecule has 21 heavy (non-hydrogen) atoms. The van der Waals surface area contributed by atoms with E-state index in [4.69, 9.17) is 4.74 Å². The van der Waals surface area contributed by atoms with Gasteiger partial charge in [0.25, 0.3) is 0 Å². The van der Waals surface area contributed by atoms with E-state index < -0.39 is 0 Å². The monoisotopic (exact) mass is 411 g/mol. The maximum absolute atomic E-state index is 5.85. The maximum Gasteiger partial charge on any atom is 0.133 e. The summed E-state index contributed by atoms with van der Waals surface area (Å²) in [5.41, 5.74) is 2.40. The predicted molar refractivity (Wildman–Crippen MR) is 94.6 cm³/mol. The molecule has 0 aliphatic carbocycles. The minimum atomic E-state index is 0.488. The molecule has 1 N–H and O–H groups in total. The minimum Gasteiger partial charge on any atom is -0.488 e. The van der Waals surface area contributed by atoms with Crippen LogP contribution in [0.4, 0.5) is 0 Å². The first-order valence-corrected chi connectivity index (χ1v) is 8.53. The zero-order valence-electron chi connectivity index (χ0n) is 12.2. The summed E-state index contributed by atoms with van der Waals surface area (Å²) in [5, 5.41) is 3.42. The molecule has 0 aliphatic heterocycles. The van der Waals surface area contributed by atoms with E-state index >= 15 is 0 Å². The first-order chi connectivity index (χ1) is 10.1. The number of halogens is 2. The van der Waals surface area contributed by atoms with Gasteiger partial charge in [0.15, 0.2) is 0 Å². The molecule has 2 rings (SSSR count). The molecule has 0 aromatic heterocycles. The summed E-state index contributed by atoms with van der Waals surface area (Å²) >= 11 is 7.12. The highest BCUT2D eigenvalue weighted by molar-refractivity contribution is 9.10. The third-order valence-corrected chi connectivity index (χ3v) is 4.45. The molecule has 0 heterocycles. The Balaban J connectivity index is 1.99. The van der Waals surface area contributed by atoms with Gasteiger partial charge in [-0.05, 0) is 39.7 Å². The van der Waals surface area contributed by atoms with Gasteiger partial charge in [0, 0.05) is 22.6 Å². The molecule has 0 spiro atoms. The topological polar surface area (TPSA) is 21.3 Å². The minimum absolute atomic E-state index is 0.488. The molecule has 0 atom stereocenters. The first-order valence-electron chi connectivity index (χ1n) is 6.94. The van der Waals surface area contributed by atoms with Crippen LogP contribution in [0.5, 0.6) is 5.75 Å². The van der Waals surface area contributed by atoms with Gasteiger partial charge in [-0.25, -0.2) is 0 Å². The van der Waals surface area contributed by atoms with Crippen LogP contribution >= 0.6 is 31.9 Å². The number of hydrogen-bond donors (Lipinski definition) is 1. The summed E-state index contributed by atoms with van der Waals surface area (Å²) < 4.78 is 7.90. The van der Waals surface area contributed by atoms with Crippen LogP contribution in [0.2, 0.25) is 0 Å². The molecule has 2 aromatic rings. The Labute approximate surface area is 143 Å². The fraction of sp³-hybridized carbons (Fsp3) is 0.294. The molecule has 0 unspecified atom stereocenters. The third-order valence-electron chi connectivity index (χ3n) is 3.05. The van der Waals surface area contributed by atoms with Crippen LogP contribution in [0, 0.1) is 0 Å². The Morgan fingerprint density at radius 1 is 1.05 bits per heavy atom. The van der Waals surface area contributed by atoms with E-state index in [9.17, 15) is 0 Å². The highest BCUT2D eigenvalue weighted by Crippen LogP contribution is 2.26. The SMILES string of the molecule is CC(C)NCc1ccc(COc2ccccc2Br)c(Br)c1. The highest BCUT2D eigenvalue weighted by atomic mass is 79.9. The number of hydrogen-bond acceptors (Lipinski definition) is 2. The predicted octanol–water partition coefficient (Wildman–Crippen LogP) is 5.29. The smallest absolute Gasteiger partial charge is 0.133 e. The van der Waals surface area contributed by atoms with Crippen molar-refractivity contribution in [1.82, 2.24) is 5.32 Å². The van der Waals surface area contributed by atoms with Crippen LogP contribution in [0.3, 0.4) is 0 Å². The summed E-state index contributed by atoms with van der Waals surface area (Å²) in [5.74, 6) is 0.856. The van der Waals surface area contributed by atoms with Gasteiger partial charge in [0.2, 0.25) is 0 Å². The molecule has 0 saturated carbocycles. The third kappa shape index (κ3) is 5.13. The van der Waals surface area contributed by atoms with Gasteiger partial charge in [-0.15, -0.1) is 0 Å². The Hall–Kier alpha value is -0.840. The van der Waals surface area contributed by atoms with E-state index in [1.54, 1.807) is 0 Å². The molecule has 0 amide bonds. The average molecular weight is 413 g/mol. The molecule has 2 nitrogen and oxygen atoms in total. The van der Waals surface area contributed by atoms with Gasteiger partial charge in [0.05, 0.1) is 4.47 Å². The standard InChI is InChI=1S/C17H19Br2NO/c1-12(2)20-10-13-7-8-14(16(19)9-13)11-21-17-6-4-3-5-15(17)18/h3-9,12,20H,10-11H2,1-2H3.